The van der Waals surface area contributed by atoms with E-state index in [1.807, 2.05) is 0 Å². The molecule has 0 aromatic heterocycles. The average Bonchev–Trinajstić information content (AvgIpc) is 2.41. The first-order valence-electron chi connectivity index (χ1n) is 5.83. The molecule has 0 radical (unpaired) electrons. The monoisotopic (exact) mass is 215 g/mol. The van der Waals surface area contributed by atoms with Crippen molar-refractivity contribution in [3.05, 3.63) is 0 Å². The van der Waals surface area contributed by atoms with Gasteiger partial charge in [-0.05, 0) is 19.3 Å². The molecule has 3 N–H and O–H groups in total. The van der Waals surface area contributed by atoms with Gasteiger partial charge in [-0.2, -0.15) is 0 Å². The van der Waals surface area contributed by atoms with Gasteiger partial charge in [0, 0.05) is 25.1 Å². The van der Waals surface area contributed by atoms with Crippen molar-refractivity contribution in [2.45, 2.75) is 50.0 Å². The van der Waals surface area contributed by atoms with Crippen molar-refractivity contribution in [3.8, 4) is 0 Å². The zero-order valence-corrected chi connectivity index (χ0v) is 9.22. The maximum absolute atomic E-state index is 9.85. The second-order valence-corrected chi connectivity index (χ2v) is 4.83. The number of ether oxygens (including phenoxy) is 1. The molecule has 0 aromatic rings. The van der Waals surface area contributed by atoms with Gasteiger partial charge in [-0.3, -0.25) is 0 Å². The molecule has 2 rings (SSSR count). The summed E-state index contributed by atoms with van der Waals surface area (Å²) in [5.41, 5.74) is 0. The van der Waals surface area contributed by atoms with E-state index >= 15 is 0 Å². The Morgan fingerprint density at radius 2 is 2.00 bits per heavy atom. The van der Waals surface area contributed by atoms with Gasteiger partial charge in [0.2, 0.25) is 0 Å². The van der Waals surface area contributed by atoms with Crippen LogP contribution in [0.5, 0.6) is 0 Å². The van der Waals surface area contributed by atoms with Crippen molar-refractivity contribution >= 4 is 0 Å². The van der Waals surface area contributed by atoms with Crippen molar-refractivity contribution in [3.63, 3.8) is 0 Å². The van der Waals surface area contributed by atoms with Crippen LogP contribution in [0, 0.1) is 5.92 Å². The van der Waals surface area contributed by atoms with E-state index in [1.54, 1.807) is 7.11 Å². The molecule has 0 saturated heterocycles. The predicted octanol–water partition coefficient (Wildman–Crippen LogP) is -0.115. The highest BCUT2D eigenvalue weighted by Crippen LogP contribution is 2.29. The van der Waals surface area contributed by atoms with E-state index in [9.17, 15) is 10.2 Å². The molecular formula is C11H21NO3. The van der Waals surface area contributed by atoms with Crippen LogP contribution in [0.15, 0.2) is 0 Å². The van der Waals surface area contributed by atoms with Gasteiger partial charge in [0.1, 0.15) is 0 Å². The molecule has 4 heteroatoms. The first-order valence-corrected chi connectivity index (χ1v) is 5.83. The number of nitrogens with one attached hydrogen (secondary N) is 1. The number of aliphatic hydroxyl groups excluding tert-OH is 2. The maximum Gasteiger partial charge on any atom is 0.0955 e. The Balaban J connectivity index is 1.84. The van der Waals surface area contributed by atoms with E-state index < -0.39 is 12.2 Å². The number of rotatable bonds is 4. The van der Waals surface area contributed by atoms with Gasteiger partial charge in [0.05, 0.1) is 18.8 Å². The van der Waals surface area contributed by atoms with Crippen LogP contribution in [0.2, 0.25) is 0 Å². The van der Waals surface area contributed by atoms with Gasteiger partial charge in [0.25, 0.3) is 0 Å². The molecule has 4 unspecified atom stereocenters. The highest BCUT2D eigenvalue weighted by Gasteiger charge is 2.42. The Morgan fingerprint density at radius 3 is 2.53 bits per heavy atom. The van der Waals surface area contributed by atoms with Crippen LogP contribution in [-0.2, 0) is 4.74 Å². The maximum atomic E-state index is 9.85. The Morgan fingerprint density at radius 1 is 1.27 bits per heavy atom. The number of hydrogen-bond acceptors (Lipinski definition) is 4. The van der Waals surface area contributed by atoms with Crippen LogP contribution >= 0.6 is 0 Å². The third-order valence-electron chi connectivity index (χ3n) is 3.74. The summed E-state index contributed by atoms with van der Waals surface area (Å²) < 4.78 is 5.04. The smallest absolute Gasteiger partial charge is 0.0955 e. The third kappa shape index (κ3) is 2.33. The molecule has 0 bridgehead atoms. The van der Waals surface area contributed by atoms with E-state index in [-0.39, 0.29) is 12.0 Å². The normalized spacial score (nSPS) is 41.8. The van der Waals surface area contributed by atoms with Gasteiger partial charge >= 0.3 is 0 Å². The molecule has 2 aliphatic rings. The lowest BCUT2D eigenvalue weighted by atomic mass is 9.92. The molecule has 0 aliphatic heterocycles. The van der Waals surface area contributed by atoms with E-state index in [0.717, 1.165) is 6.42 Å². The van der Waals surface area contributed by atoms with Crippen molar-refractivity contribution in [1.29, 1.82) is 0 Å². The van der Waals surface area contributed by atoms with Gasteiger partial charge in [-0.15, -0.1) is 0 Å². The molecule has 0 amide bonds. The predicted molar refractivity (Wildman–Crippen MR) is 56.6 cm³/mol. The average molecular weight is 215 g/mol. The molecule has 0 spiro atoms. The standard InChI is InChI=1S/C11H21NO3/c1-15-6-7-5-9(11(14)10(7)13)12-8-3-2-4-8/h7-14H,2-6H2,1H3. The lowest BCUT2D eigenvalue weighted by Crippen LogP contribution is -2.47. The minimum absolute atomic E-state index is 0.0467. The number of hydrogen-bond donors (Lipinski definition) is 3. The molecule has 2 aliphatic carbocycles. The van der Waals surface area contributed by atoms with Crippen LogP contribution in [0.4, 0.5) is 0 Å². The first-order chi connectivity index (χ1) is 7.22. The zero-order chi connectivity index (χ0) is 10.8. The Labute approximate surface area is 90.6 Å². The number of aliphatic hydroxyl groups is 2. The SMILES string of the molecule is COCC1CC(NC2CCC2)C(O)C1O. The fourth-order valence-corrected chi connectivity index (χ4v) is 2.55. The summed E-state index contributed by atoms with van der Waals surface area (Å²) in [5, 5.41) is 23.1. The van der Waals surface area contributed by atoms with E-state index in [4.69, 9.17) is 4.74 Å². The highest BCUT2D eigenvalue weighted by molar-refractivity contribution is 4.97. The largest absolute Gasteiger partial charge is 0.390 e. The first kappa shape index (κ1) is 11.3. The molecule has 0 heterocycles. The van der Waals surface area contributed by atoms with Gasteiger partial charge in [-0.25, -0.2) is 0 Å². The van der Waals surface area contributed by atoms with E-state index in [1.165, 1.54) is 19.3 Å². The van der Waals surface area contributed by atoms with Gasteiger partial charge in [-0.1, -0.05) is 6.42 Å². The van der Waals surface area contributed by atoms with Crippen molar-refractivity contribution in [2.75, 3.05) is 13.7 Å². The lowest BCUT2D eigenvalue weighted by Gasteiger charge is -2.31. The summed E-state index contributed by atoms with van der Waals surface area (Å²) in [6, 6.07) is 0.601. The van der Waals surface area contributed by atoms with Crippen LogP contribution in [-0.4, -0.2) is 48.2 Å². The highest BCUT2D eigenvalue weighted by atomic mass is 16.5. The minimum atomic E-state index is -0.637. The molecule has 0 aromatic carbocycles. The van der Waals surface area contributed by atoms with E-state index in [0.29, 0.717) is 12.6 Å². The molecule has 2 fully saturated rings. The summed E-state index contributed by atoms with van der Waals surface area (Å²) in [6.45, 7) is 0.529. The second-order valence-electron chi connectivity index (χ2n) is 4.83. The summed E-state index contributed by atoms with van der Waals surface area (Å²) in [4.78, 5) is 0. The van der Waals surface area contributed by atoms with Crippen molar-refractivity contribution < 1.29 is 14.9 Å². The topological polar surface area (TPSA) is 61.7 Å². The number of methoxy groups -OCH3 is 1. The zero-order valence-electron chi connectivity index (χ0n) is 9.22. The van der Waals surface area contributed by atoms with Crippen LogP contribution < -0.4 is 5.32 Å². The third-order valence-corrected chi connectivity index (χ3v) is 3.74. The molecule has 88 valence electrons. The summed E-state index contributed by atoms with van der Waals surface area (Å²) in [5.74, 6) is 0.0718. The molecule has 4 nitrogen and oxygen atoms in total. The van der Waals surface area contributed by atoms with Crippen LogP contribution in [0.1, 0.15) is 25.7 Å². The fourth-order valence-electron chi connectivity index (χ4n) is 2.55. The second kappa shape index (κ2) is 4.78. The fraction of sp³-hybridized carbons (Fsp3) is 1.00. The lowest BCUT2D eigenvalue weighted by molar-refractivity contribution is -0.00752. The minimum Gasteiger partial charge on any atom is -0.390 e. The van der Waals surface area contributed by atoms with E-state index in [2.05, 4.69) is 5.32 Å². The summed E-state index contributed by atoms with van der Waals surface area (Å²) >= 11 is 0. The Kier molecular flexibility index (Phi) is 3.61. The van der Waals surface area contributed by atoms with Gasteiger partial charge in [0.15, 0.2) is 0 Å². The van der Waals surface area contributed by atoms with Crippen molar-refractivity contribution in [1.82, 2.24) is 5.32 Å². The van der Waals surface area contributed by atoms with Crippen LogP contribution in [0.25, 0.3) is 0 Å². The Hall–Kier alpha value is -0.160. The molecule has 4 atom stereocenters. The van der Waals surface area contributed by atoms with Crippen molar-refractivity contribution in [2.24, 2.45) is 5.92 Å². The molecule has 15 heavy (non-hydrogen) atoms. The van der Waals surface area contributed by atoms with Gasteiger partial charge < -0.3 is 20.3 Å². The Bertz CT molecular complexity index is 208. The van der Waals surface area contributed by atoms with Crippen LogP contribution in [0.3, 0.4) is 0 Å². The summed E-state index contributed by atoms with van der Waals surface area (Å²) in [7, 11) is 1.63. The molecular weight excluding hydrogens is 194 g/mol. The molecule has 2 saturated carbocycles. The summed E-state index contributed by atoms with van der Waals surface area (Å²) in [6.07, 6.45) is 3.23. The quantitative estimate of drug-likeness (QED) is 0.612.